The van der Waals surface area contributed by atoms with Gasteiger partial charge in [-0.25, -0.2) is 4.98 Å². The van der Waals surface area contributed by atoms with Crippen LogP contribution in [-0.2, 0) is 9.59 Å². The van der Waals surface area contributed by atoms with Gasteiger partial charge in [-0.1, -0.05) is 60.7 Å². The van der Waals surface area contributed by atoms with Crippen molar-refractivity contribution in [3.63, 3.8) is 0 Å². The molecular formula is C27H23N3O3S. The summed E-state index contributed by atoms with van der Waals surface area (Å²) in [5.74, 6) is -0.141. The summed E-state index contributed by atoms with van der Waals surface area (Å²) in [6, 6.07) is 25.0. The van der Waals surface area contributed by atoms with Crippen LogP contribution in [0.15, 0.2) is 78.9 Å². The second kappa shape index (κ2) is 9.11. The fourth-order valence-electron chi connectivity index (χ4n) is 4.04. The summed E-state index contributed by atoms with van der Waals surface area (Å²) in [6.45, 7) is 3.68. The summed E-state index contributed by atoms with van der Waals surface area (Å²) < 4.78 is 5.65. The number of ether oxygens (including phenoxy) is 1. The molecule has 170 valence electrons. The van der Waals surface area contributed by atoms with E-state index >= 15 is 0 Å². The molecule has 6 nitrogen and oxygen atoms in total. The highest BCUT2D eigenvalue weighted by molar-refractivity contribution is 7.16. The Balaban J connectivity index is 1.42. The molecule has 0 saturated carbocycles. The summed E-state index contributed by atoms with van der Waals surface area (Å²) in [6.07, 6.45) is -0.525. The van der Waals surface area contributed by atoms with Gasteiger partial charge < -0.3 is 15.4 Å². The summed E-state index contributed by atoms with van der Waals surface area (Å²) in [4.78, 5) is 31.1. The van der Waals surface area contributed by atoms with Gasteiger partial charge in [-0.15, -0.1) is 11.3 Å². The van der Waals surface area contributed by atoms with Crippen LogP contribution in [0.25, 0.3) is 11.3 Å². The number of carbonyl (C=O) groups is 2. The Hall–Kier alpha value is -3.97. The quantitative estimate of drug-likeness (QED) is 0.398. The van der Waals surface area contributed by atoms with E-state index in [1.54, 1.807) is 6.92 Å². The van der Waals surface area contributed by atoms with Crippen molar-refractivity contribution in [3.8, 4) is 17.0 Å². The Morgan fingerprint density at radius 2 is 1.68 bits per heavy atom. The predicted molar refractivity (Wildman–Crippen MR) is 134 cm³/mol. The Labute approximate surface area is 201 Å². The summed E-state index contributed by atoms with van der Waals surface area (Å²) in [5.41, 5.74) is 4.05. The molecule has 1 atom stereocenters. The number of anilines is 2. The van der Waals surface area contributed by atoms with Gasteiger partial charge in [-0.05, 0) is 43.2 Å². The van der Waals surface area contributed by atoms with E-state index in [0.717, 1.165) is 27.3 Å². The molecule has 34 heavy (non-hydrogen) atoms. The normalized spacial score (nSPS) is 14.8. The monoisotopic (exact) mass is 469 g/mol. The zero-order valence-corrected chi connectivity index (χ0v) is 19.6. The Morgan fingerprint density at radius 3 is 2.32 bits per heavy atom. The number of hydrogen-bond acceptors (Lipinski definition) is 5. The molecule has 1 aliphatic rings. The summed E-state index contributed by atoms with van der Waals surface area (Å²) >= 11 is 1.42. The van der Waals surface area contributed by atoms with Crippen LogP contribution in [-0.4, -0.2) is 22.9 Å². The fraction of sp³-hybridized carbons (Fsp3) is 0.148. The average Bonchev–Trinajstić information content (AvgIpc) is 3.21. The third-order valence-electron chi connectivity index (χ3n) is 5.74. The minimum atomic E-state index is -0.525. The number of fused-ring (bicyclic) bond motifs is 1. The second-order valence-corrected chi connectivity index (χ2v) is 9.33. The number of amides is 2. The zero-order chi connectivity index (χ0) is 23.7. The van der Waals surface area contributed by atoms with E-state index < -0.39 is 12.0 Å². The van der Waals surface area contributed by atoms with Gasteiger partial charge in [0.15, 0.2) is 11.2 Å². The van der Waals surface area contributed by atoms with E-state index in [4.69, 9.17) is 9.72 Å². The highest BCUT2D eigenvalue weighted by Crippen LogP contribution is 2.37. The van der Waals surface area contributed by atoms with Crippen molar-refractivity contribution in [2.24, 2.45) is 0 Å². The Kier molecular flexibility index (Phi) is 5.86. The molecule has 0 bridgehead atoms. The number of nitrogens with one attached hydrogen (secondary N) is 2. The SMILES string of the molecule is Cc1sc(NC(=O)C(c2ccccc2)c2ccccc2)nc1-c1ccc2c(c1)NC(=O)[C@H](C)O2. The van der Waals surface area contributed by atoms with Gasteiger partial charge in [0.1, 0.15) is 5.75 Å². The van der Waals surface area contributed by atoms with Crippen molar-refractivity contribution in [2.75, 3.05) is 10.6 Å². The van der Waals surface area contributed by atoms with Crippen LogP contribution in [0.1, 0.15) is 28.8 Å². The van der Waals surface area contributed by atoms with E-state index in [1.165, 1.54) is 11.3 Å². The average molecular weight is 470 g/mol. The molecule has 0 saturated heterocycles. The van der Waals surface area contributed by atoms with Crippen molar-refractivity contribution in [3.05, 3.63) is 94.9 Å². The van der Waals surface area contributed by atoms with Gasteiger partial charge in [0.2, 0.25) is 5.91 Å². The standard InChI is InChI=1S/C27H23N3O3S/c1-16-25(31)28-21-15-20(13-14-22(21)33-16)24-17(2)34-27(29-24)30-26(32)23(18-9-5-3-6-10-18)19-11-7-4-8-12-19/h3-16,23H,1-2H3,(H,28,31)(H,29,30,32)/t16-/m0/s1. The fourth-order valence-corrected chi connectivity index (χ4v) is 4.88. The number of thiazole rings is 1. The molecule has 0 radical (unpaired) electrons. The topological polar surface area (TPSA) is 80.3 Å². The zero-order valence-electron chi connectivity index (χ0n) is 18.7. The maximum absolute atomic E-state index is 13.4. The molecule has 4 aromatic rings. The molecule has 2 heterocycles. The maximum atomic E-state index is 13.4. The lowest BCUT2D eigenvalue weighted by molar-refractivity contribution is -0.122. The Morgan fingerprint density at radius 1 is 1.03 bits per heavy atom. The van der Waals surface area contributed by atoms with Crippen LogP contribution in [0.2, 0.25) is 0 Å². The van der Waals surface area contributed by atoms with Crippen LogP contribution in [0, 0.1) is 6.92 Å². The highest BCUT2D eigenvalue weighted by Gasteiger charge is 2.26. The van der Waals surface area contributed by atoms with Gasteiger partial charge in [-0.2, -0.15) is 0 Å². The van der Waals surface area contributed by atoms with Crippen molar-refractivity contribution in [1.29, 1.82) is 0 Å². The van der Waals surface area contributed by atoms with Gasteiger partial charge in [0.05, 0.1) is 17.3 Å². The van der Waals surface area contributed by atoms with Crippen molar-refractivity contribution >= 4 is 34.0 Å². The smallest absolute Gasteiger partial charge is 0.265 e. The first-order valence-corrected chi connectivity index (χ1v) is 11.8. The lowest BCUT2D eigenvalue weighted by Gasteiger charge is -2.23. The molecule has 2 amide bonds. The molecule has 0 unspecified atom stereocenters. The third kappa shape index (κ3) is 4.30. The second-order valence-electron chi connectivity index (χ2n) is 8.13. The number of rotatable bonds is 5. The molecule has 7 heteroatoms. The minimum absolute atomic E-state index is 0.141. The summed E-state index contributed by atoms with van der Waals surface area (Å²) in [7, 11) is 0. The van der Waals surface area contributed by atoms with Crippen LogP contribution < -0.4 is 15.4 Å². The van der Waals surface area contributed by atoms with Crippen LogP contribution >= 0.6 is 11.3 Å². The summed E-state index contributed by atoms with van der Waals surface area (Å²) in [5, 5.41) is 6.42. The number of aromatic nitrogens is 1. The lowest BCUT2D eigenvalue weighted by atomic mass is 9.90. The molecule has 1 aromatic heterocycles. The van der Waals surface area contributed by atoms with Crippen molar-refractivity contribution in [1.82, 2.24) is 4.98 Å². The first-order valence-electron chi connectivity index (χ1n) is 11.0. The van der Waals surface area contributed by atoms with Crippen molar-refractivity contribution in [2.45, 2.75) is 25.9 Å². The van der Waals surface area contributed by atoms with Crippen LogP contribution in [0.5, 0.6) is 5.75 Å². The first kappa shape index (κ1) is 21.9. The maximum Gasteiger partial charge on any atom is 0.265 e. The van der Waals surface area contributed by atoms with E-state index in [-0.39, 0.29) is 11.8 Å². The molecule has 1 aliphatic heterocycles. The van der Waals surface area contributed by atoms with Gasteiger partial charge >= 0.3 is 0 Å². The van der Waals surface area contributed by atoms with Crippen molar-refractivity contribution < 1.29 is 14.3 Å². The first-order chi connectivity index (χ1) is 16.5. The highest BCUT2D eigenvalue weighted by atomic mass is 32.1. The van der Waals surface area contributed by atoms with E-state index in [0.29, 0.717) is 16.6 Å². The van der Waals surface area contributed by atoms with E-state index in [2.05, 4.69) is 10.6 Å². The minimum Gasteiger partial charge on any atom is -0.479 e. The molecule has 3 aromatic carbocycles. The van der Waals surface area contributed by atoms with E-state index in [9.17, 15) is 9.59 Å². The third-order valence-corrected chi connectivity index (χ3v) is 6.62. The van der Waals surface area contributed by atoms with Gasteiger partial charge in [0.25, 0.3) is 5.91 Å². The largest absolute Gasteiger partial charge is 0.479 e. The molecule has 0 aliphatic carbocycles. The van der Waals surface area contributed by atoms with Gasteiger partial charge in [-0.3, -0.25) is 9.59 Å². The number of benzene rings is 3. The molecule has 5 rings (SSSR count). The van der Waals surface area contributed by atoms with Crippen LogP contribution in [0.4, 0.5) is 10.8 Å². The molecule has 0 spiro atoms. The molecule has 2 N–H and O–H groups in total. The van der Waals surface area contributed by atoms with Gasteiger partial charge in [0, 0.05) is 10.4 Å². The predicted octanol–water partition coefficient (Wildman–Crippen LogP) is 5.61. The van der Waals surface area contributed by atoms with Crippen LogP contribution in [0.3, 0.4) is 0 Å². The molecular weight excluding hydrogens is 446 g/mol. The van der Waals surface area contributed by atoms with E-state index in [1.807, 2.05) is 85.8 Å². The number of nitrogens with zero attached hydrogens (tertiary/aromatic N) is 1. The number of aryl methyl sites for hydroxylation is 1. The number of carbonyl (C=O) groups excluding carboxylic acids is 2. The Bertz CT molecular complexity index is 1310. The lowest BCUT2D eigenvalue weighted by Crippen LogP contribution is -2.34. The molecule has 0 fully saturated rings. The number of hydrogen-bond donors (Lipinski definition) is 2.